The number of imidazole rings is 1. The van der Waals surface area contributed by atoms with Crippen molar-refractivity contribution in [2.24, 2.45) is 0 Å². The van der Waals surface area contributed by atoms with Crippen LogP contribution < -0.4 is 0 Å². The van der Waals surface area contributed by atoms with Gasteiger partial charge >= 0.3 is 0 Å². The van der Waals surface area contributed by atoms with Gasteiger partial charge in [0.25, 0.3) is 0 Å². The highest BCUT2D eigenvalue weighted by Gasteiger charge is 2.13. The van der Waals surface area contributed by atoms with Crippen molar-refractivity contribution in [3.63, 3.8) is 0 Å². The second-order valence-corrected chi connectivity index (χ2v) is 4.79. The molecule has 4 rings (SSSR count). The Morgan fingerprint density at radius 3 is 2.62 bits per heavy atom. The maximum absolute atomic E-state index is 10.1. The van der Waals surface area contributed by atoms with Gasteiger partial charge in [0.2, 0.25) is 0 Å². The van der Waals surface area contributed by atoms with Crippen LogP contribution >= 0.6 is 0 Å². The van der Waals surface area contributed by atoms with E-state index in [1.807, 2.05) is 28.7 Å². The van der Waals surface area contributed by atoms with E-state index in [0.717, 1.165) is 16.7 Å². The summed E-state index contributed by atoms with van der Waals surface area (Å²) in [4.78, 5) is 8.70. The molecule has 0 radical (unpaired) electrons. The number of phenolic OH excluding ortho intramolecular Hbond substituents is 2. The number of aromatic hydroxyl groups is 2. The summed E-state index contributed by atoms with van der Waals surface area (Å²) in [5.41, 5.74) is 3.83. The Bertz CT molecular complexity index is 976. The Hall–Kier alpha value is -3.08. The lowest BCUT2D eigenvalue weighted by Crippen LogP contribution is -1.93. The Morgan fingerprint density at radius 2 is 1.76 bits per heavy atom. The molecule has 0 saturated carbocycles. The van der Waals surface area contributed by atoms with E-state index in [-0.39, 0.29) is 11.5 Å². The Morgan fingerprint density at radius 1 is 0.905 bits per heavy atom. The monoisotopic (exact) mass is 277 g/mol. The average molecular weight is 277 g/mol. The minimum Gasteiger partial charge on any atom is -0.508 e. The van der Waals surface area contributed by atoms with Gasteiger partial charge in [-0.1, -0.05) is 12.1 Å². The molecule has 0 unspecified atom stereocenters. The summed E-state index contributed by atoms with van der Waals surface area (Å²) in [5, 5.41) is 19.5. The standard InChI is InChI=1S/C16H11N3O2/c20-10-5-6-11(15(21)7-10)14-8-18-16-9-17-12-3-1-2-4-13(12)19(14)16/h1-9,20-21H. The van der Waals surface area contributed by atoms with Crippen LogP contribution in [0.15, 0.2) is 54.9 Å². The molecule has 5 nitrogen and oxygen atoms in total. The van der Waals surface area contributed by atoms with Gasteiger partial charge in [0, 0.05) is 11.6 Å². The molecule has 0 amide bonds. The van der Waals surface area contributed by atoms with Gasteiger partial charge < -0.3 is 10.2 Å². The molecule has 0 saturated heterocycles. The fourth-order valence-electron chi connectivity index (χ4n) is 2.53. The van der Waals surface area contributed by atoms with Crippen molar-refractivity contribution in [2.75, 3.05) is 0 Å². The van der Waals surface area contributed by atoms with Crippen LogP contribution in [0.25, 0.3) is 27.9 Å². The van der Waals surface area contributed by atoms with Crippen LogP contribution in [0, 0.1) is 0 Å². The third-order valence-electron chi connectivity index (χ3n) is 3.49. The third kappa shape index (κ3) is 1.71. The quantitative estimate of drug-likeness (QED) is 0.561. The first-order chi connectivity index (χ1) is 10.2. The number of nitrogens with zero attached hydrogens (tertiary/aromatic N) is 3. The second kappa shape index (κ2) is 4.21. The fourth-order valence-corrected chi connectivity index (χ4v) is 2.53. The van der Waals surface area contributed by atoms with Crippen LogP contribution in [-0.4, -0.2) is 24.6 Å². The molecule has 4 aromatic rings. The zero-order valence-electron chi connectivity index (χ0n) is 10.9. The highest BCUT2D eigenvalue weighted by molar-refractivity contribution is 5.82. The molecule has 21 heavy (non-hydrogen) atoms. The zero-order valence-corrected chi connectivity index (χ0v) is 10.9. The van der Waals surface area contributed by atoms with Crippen LogP contribution in [0.5, 0.6) is 11.5 Å². The predicted molar refractivity (Wildman–Crippen MR) is 79.3 cm³/mol. The van der Waals surface area contributed by atoms with E-state index in [1.165, 1.54) is 12.1 Å². The van der Waals surface area contributed by atoms with E-state index in [4.69, 9.17) is 0 Å². The fraction of sp³-hybridized carbons (Fsp3) is 0. The van der Waals surface area contributed by atoms with Crippen LogP contribution in [0.2, 0.25) is 0 Å². The van der Waals surface area contributed by atoms with Gasteiger partial charge in [-0.25, -0.2) is 4.98 Å². The molecule has 0 aliphatic carbocycles. The molecule has 2 aromatic heterocycles. The number of phenols is 2. The lowest BCUT2D eigenvalue weighted by Gasteiger charge is -2.07. The summed E-state index contributed by atoms with van der Waals surface area (Å²) < 4.78 is 1.94. The van der Waals surface area contributed by atoms with Crippen molar-refractivity contribution in [1.82, 2.24) is 14.4 Å². The van der Waals surface area contributed by atoms with E-state index in [0.29, 0.717) is 11.2 Å². The second-order valence-electron chi connectivity index (χ2n) is 4.79. The maximum atomic E-state index is 10.1. The molecular weight excluding hydrogens is 266 g/mol. The van der Waals surface area contributed by atoms with Gasteiger partial charge in [0.1, 0.15) is 11.5 Å². The summed E-state index contributed by atoms with van der Waals surface area (Å²) in [7, 11) is 0. The third-order valence-corrected chi connectivity index (χ3v) is 3.49. The van der Waals surface area contributed by atoms with Crippen LogP contribution in [0.1, 0.15) is 0 Å². The van der Waals surface area contributed by atoms with Crippen molar-refractivity contribution in [3.05, 3.63) is 54.9 Å². The maximum Gasteiger partial charge on any atom is 0.156 e. The van der Waals surface area contributed by atoms with Crippen LogP contribution in [0.3, 0.4) is 0 Å². The molecular formula is C16H11N3O2. The first kappa shape index (κ1) is 11.7. The van der Waals surface area contributed by atoms with Crippen molar-refractivity contribution >= 4 is 16.7 Å². The Kier molecular flexibility index (Phi) is 2.35. The van der Waals surface area contributed by atoms with Gasteiger partial charge in [0.05, 0.1) is 29.1 Å². The van der Waals surface area contributed by atoms with E-state index in [2.05, 4.69) is 9.97 Å². The first-order valence-electron chi connectivity index (χ1n) is 6.47. The number of hydrogen-bond donors (Lipinski definition) is 2. The van der Waals surface area contributed by atoms with Crippen LogP contribution in [-0.2, 0) is 0 Å². The minimum absolute atomic E-state index is 0.0118. The molecule has 0 atom stereocenters. The molecule has 0 bridgehead atoms. The molecule has 5 heteroatoms. The summed E-state index contributed by atoms with van der Waals surface area (Å²) in [6, 6.07) is 12.3. The Balaban J connectivity index is 2.12. The van der Waals surface area contributed by atoms with Crippen molar-refractivity contribution < 1.29 is 10.2 Å². The molecule has 2 heterocycles. The lowest BCUT2D eigenvalue weighted by molar-refractivity contribution is 0.451. The van der Waals surface area contributed by atoms with E-state index in [9.17, 15) is 10.2 Å². The molecule has 102 valence electrons. The van der Waals surface area contributed by atoms with Gasteiger partial charge in [-0.15, -0.1) is 0 Å². The Labute approximate surface area is 119 Å². The zero-order chi connectivity index (χ0) is 14.4. The largest absolute Gasteiger partial charge is 0.508 e. The molecule has 0 aliphatic heterocycles. The summed E-state index contributed by atoms with van der Waals surface area (Å²) in [6.45, 7) is 0. The van der Waals surface area contributed by atoms with Crippen molar-refractivity contribution in [3.8, 4) is 22.8 Å². The topological polar surface area (TPSA) is 70.7 Å². The van der Waals surface area contributed by atoms with E-state index >= 15 is 0 Å². The summed E-state index contributed by atoms with van der Waals surface area (Å²) in [6.07, 6.45) is 3.39. The summed E-state index contributed by atoms with van der Waals surface area (Å²) in [5.74, 6) is 0.0364. The van der Waals surface area contributed by atoms with Crippen molar-refractivity contribution in [1.29, 1.82) is 0 Å². The highest BCUT2D eigenvalue weighted by atomic mass is 16.3. The minimum atomic E-state index is 0.0118. The smallest absolute Gasteiger partial charge is 0.156 e. The summed E-state index contributed by atoms with van der Waals surface area (Å²) >= 11 is 0. The highest BCUT2D eigenvalue weighted by Crippen LogP contribution is 2.33. The van der Waals surface area contributed by atoms with Gasteiger partial charge in [-0.05, 0) is 24.3 Å². The molecule has 0 spiro atoms. The van der Waals surface area contributed by atoms with Gasteiger partial charge in [-0.2, -0.15) is 0 Å². The SMILES string of the molecule is Oc1ccc(-c2cnc3cnc4ccccc4n23)c(O)c1. The number of rotatable bonds is 1. The first-order valence-corrected chi connectivity index (χ1v) is 6.47. The molecule has 0 aliphatic rings. The van der Waals surface area contributed by atoms with E-state index < -0.39 is 0 Å². The normalized spacial score (nSPS) is 11.2. The molecule has 2 N–H and O–H groups in total. The molecule has 2 aromatic carbocycles. The number of hydrogen-bond acceptors (Lipinski definition) is 4. The van der Waals surface area contributed by atoms with Gasteiger partial charge in [-0.3, -0.25) is 9.38 Å². The predicted octanol–water partition coefficient (Wildman–Crippen LogP) is 2.96. The number of para-hydroxylation sites is 2. The number of fused-ring (bicyclic) bond motifs is 3. The number of benzene rings is 2. The lowest BCUT2D eigenvalue weighted by atomic mass is 10.1. The van der Waals surface area contributed by atoms with Gasteiger partial charge in [0.15, 0.2) is 5.65 Å². The van der Waals surface area contributed by atoms with Crippen molar-refractivity contribution in [2.45, 2.75) is 0 Å². The average Bonchev–Trinajstić information content (AvgIpc) is 2.91. The molecule has 0 fully saturated rings. The van der Waals surface area contributed by atoms with Crippen LogP contribution in [0.4, 0.5) is 0 Å². The number of aromatic nitrogens is 3. The van der Waals surface area contributed by atoms with E-state index in [1.54, 1.807) is 18.5 Å².